The molecule has 2 atom stereocenters. The van der Waals surface area contributed by atoms with Gasteiger partial charge in [-0.1, -0.05) is 22.7 Å². The van der Waals surface area contributed by atoms with E-state index in [0.717, 1.165) is 0 Å². The highest BCUT2D eigenvalue weighted by Crippen LogP contribution is 2.35. The average Bonchev–Trinajstić information content (AvgIpc) is 2.69. The molecule has 1 amide bonds. The molecule has 1 saturated heterocycles. The summed E-state index contributed by atoms with van der Waals surface area (Å²) in [5, 5.41) is 15.5. The monoisotopic (exact) mass is 355 g/mol. The summed E-state index contributed by atoms with van der Waals surface area (Å²) in [4.78, 5) is 16.4. The molecule has 2 unspecified atom stereocenters. The van der Waals surface area contributed by atoms with Gasteiger partial charge in [0.15, 0.2) is 6.29 Å². The van der Waals surface area contributed by atoms with Crippen LogP contribution in [0.15, 0.2) is 41.0 Å². The van der Waals surface area contributed by atoms with Crippen LogP contribution < -0.4 is 15.4 Å². The fourth-order valence-electron chi connectivity index (χ4n) is 2.47. The van der Waals surface area contributed by atoms with Crippen molar-refractivity contribution in [2.45, 2.75) is 18.9 Å². The van der Waals surface area contributed by atoms with Crippen LogP contribution in [0.3, 0.4) is 0 Å². The molecule has 2 heterocycles. The summed E-state index contributed by atoms with van der Waals surface area (Å²) in [6.07, 6.45) is 2.18. The molecule has 0 saturated carbocycles. The van der Waals surface area contributed by atoms with Crippen LogP contribution in [0, 0.1) is 0 Å². The molecule has 11 heteroatoms. The Hall–Kier alpha value is -2.50. The first-order chi connectivity index (χ1) is 11.3. The summed E-state index contributed by atoms with van der Waals surface area (Å²) in [6.45, 7) is 1.73. The number of nitrogens with one attached hydrogen (secondary N) is 3. The molecule has 24 heavy (non-hydrogen) atoms. The number of aromatic hydroxyl groups is 1. The Morgan fingerprint density at radius 1 is 1.42 bits per heavy atom. The summed E-state index contributed by atoms with van der Waals surface area (Å²) in [5.74, 6) is -1.82. The Balaban J connectivity index is 2.09. The minimum absolute atomic E-state index is 0.150. The number of carbonyl (C=O) groups excluding carboxylic acids is 1. The standard InChI is InChI=1S/C13H14FN5O4S/c1-8-6-7-15-12(16-8)17-13(9-4-2-3-5-10(9)20)11(21)19(14)24(22,23)18-13/h2-7,12,16-18,20H,1H3. The van der Waals surface area contributed by atoms with E-state index in [2.05, 4.69) is 15.6 Å². The van der Waals surface area contributed by atoms with Gasteiger partial charge in [0.25, 0.3) is 0 Å². The van der Waals surface area contributed by atoms with E-state index in [4.69, 9.17) is 0 Å². The predicted octanol–water partition coefficient (Wildman–Crippen LogP) is -0.443. The van der Waals surface area contributed by atoms with E-state index in [1.807, 2.05) is 4.72 Å². The molecule has 9 nitrogen and oxygen atoms in total. The quantitative estimate of drug-likeness (QED) is 0.545. The van der Waals surface area contributed by atoms with Crippen molar-refractivity contribution in [1.82, 2.24) is 19.9 Å². The van der Waals surface area contributed by atoms with Gasteiger partial charge in [-0.3, -0.25) is 9.79 Å². The lowest BCUT2D eigenvalue weighted by Gasteiger charge is -2.32. The number of carbonyl (C=O) groups is 1. The molecule has 0 radical (unpaired) electrons. The number of hydrogen-bond acceptors (Lipinski definition) is 7. The Kier molecular flexibility index (Phi) is 3.78. The Bertz CT molecular complexity index is 856. The Morgan fingerprint density at radius 3 is 2.71 bits per heavy atom. The molecule has 1 aromatic carbocycles. The first-order valence-corrected chi connectivity index (χ1v) is 8.27. The summed E-state index contributed by atoms with van der Waals surface area (Å²) in [5.41, 5.74) is -1.70. The average molecular weight is 355 g/mol. The van der Waals surface area contributed by atoms with E-state index in [9.17, 15) is 22.8 Å². The van der Waals surface area contributed by atoms with Gasteiger partial charge in [-0.2, -0.15) is 13.1 Å². The number of benzene rings is 1. The summed E-state index contributed by atoms with van der Waals surface area (Å²) < 4.78 is 38.5. The molecule has 0 spiro atoms. The van der Waals surface area contributed by atoms with Crippen LogP contribution in [-0.4, -0.2) is 36.5 Å². The molecule has 4 N–H and O–H groups in total. The summed E-state index contributed by atoms with van der Waals surface area (Å²) >= 11 is 0. The number of halogens is 1. The highest BCUT2D eigenvalue weighted by molar-refractivity contribution is 7.88. The van der Waals surface area contributed by atoms with Gasteiger partial charge in [-0.15, -0.1) is 0 Å². The van der Waals surface area contributed by atoms with Crippen molar-refractivity contribution < 1.29 is 22.8 Å². The SMILES string of the molecule is CC1=CC=NC(NC2(c3ccccc3O)NS(=O)(=O)N(F)C2=O)N1. The van der Waals surface area contributed by atoms with E-state index in [1.54, 1.807) is 13.0 Å². The molecule has 0 bridgehead atoms. The van der Waals surface area contributed by atoms with E-state index >= 15 is 0 Å². The van der Waals surface area contributed by atoms with Gasteiger partial charge in [0.05, 0.1) is 0 Å². The number of nitrogens with zero attached hydrogens (tertiary/aromatic N) is 2. The van der Waals surface area contributed by atoms with Crippen molar-refractivity contribution in [3.63, 3.8) is 0 Å². The van der Waals surface area contributed by atoms with Gasteiger partial charge in [0, 0.05) is 17.5 Å². The second-order valence-electron chi connectivity index (χ2n) is 5.23. The number of hydrogen-bond donors (Lipinski definition) is 4. The number of rotatable bonds is 3. The number of allylic oxidation sites excluding steroid dienone is 2. The number of phenols is 1. The molecule has 0 aromatic heterocycles. The molecule has 128 valence electrons. The van der Waals surface area contributed by atoms with Gasteiger partial charge in [0.2, 0.25) is 5.66 Å². The Labute approximate surface area is 137 Å². The number of para-hydroxylation sites is 1. The molecule has 0 aliphatic carbocycles. The van der Waals surface area contributed by atoms with Gasteiger partial charge in [0.1, 0.15) is 5.75 Å². The van der Waals surface area contributed by atoms with E-state index in [1.165, 1.54) is 30.5 Å². The zero-order valence-corrected chi connectivity index (χ0v) is 13.2. The van der Waals surface area contributed by atoms with Crippen LogP contribution >= 0.6 is 0 Å². The maximum atomic E-state index is 13.9. The van der Waals surface area contributed by atoms with Gasteiger partial charge >= 0.3 is 16.1 Å². The molecule has 2 aliphatic heterocycles. The third-order valence-electron chi connectivity index (χ3n) is 3.56. The topological polar surface area (TPSA) is 123 Å². The lowest BCUT2D eigenvalue weighted by Crippen LogP contribution is -2.61. The van der Waals surface area contributed by atoms with Crippen molar-refractivity contribution in [2.75, 3.05) is 0 Å². The maximum absolute atomic E-state index is 13.9. The fraction of sp³-hybridized carbons (Fsp3) is 0.231. The van der Waals surface area contributed by atoms with Crippen LogP contribution in [0.25, 0.3) is 0 Å². The third kappa shape index (κ3) is 2.52. The summed E-state index contributed by atoms with van der Waals surface area (Å²) in [7, 11) is -4.71. The molecule has 1 fully saturated rings. The first-order valence-electron chi connectivity index (χ1n) is 6.83. The van der Waals surface area contributed by atoms with E-state index in [0.29, 0.717) is 5.70 Å². The highest BCUT2D eigenvalue weighted by atomic mass is 32.2. The van der Waals surface area contributed by atoms with Crippen molar-refractivity contribution in [3.05, 3.63) is 41.6 Å². The van der Waals surface area contributed by atoms with Crippen molar-refractivity contribution in [2.24, 2.45) is 4.99 Å². The van der Waals surface area contributed by atoms with Crippen LogP contribution in [-0.2, 0) is 20.7 Å². The molecule has 1 aromatic rings. The van der Waals surface area contributed by atoms with E-state index in [-0.39, 0.29) is 11.3 Å². The number of amides is 1. The highest BCUT2D eigenvalue weighted by Gasteiger charge is 2.59. The molecular formula is C13H14FN5O4S. The lowest BCUT2D eigenvalue weighted by atomic mass is 9.98. The van der Waals surface area contributed by atoms with Gasteiger partial charge in [-0.05, 0) is 23.6 Å². The van der Waals surface area contributed by atoms with Crippen LogP contribution in [0.4, 0.5) is 4.48 Å². The van der Waals surface area contributed by atoms with E-state index < -0.39 is 32.6 Å². The van der Waals surface area contributed by atoms with Crippen molar-refractivity contribution in [3.8, 4) is 5.75 Å². The van der Waals surface area contributed by atoms with Crippen molar-refractivity contribution >= 4 is 22.3 Å². The second kappa shape index (κ2) is 5.54. The maximum Gasteiger partial charge on any atom is 0.333 e. The normalized spacial score (nSPS) is 28.6. The number of aliphatic imine (C=N–C) groups is 1. The molecular weight excluding hydrogens is 341 g/mol. The Morgan fingerprint density at radius 2 is 2.12 bits per heavy atom. The zero-order chi connectivity index (χ0) is 17.5. The molecule has 2 aliphatic rings. The number of phenolic OH excluding ortho intramolecular Hbond substituents is 1. The van der Waals surface area contributed by atoms with Gasteiger partial charge < -0.3 is 10.4 Å². The first kappa shape index (κ1) is 16.4. The van der Waals surface area contributed by atoms with Crippen LogP contribution in [0.5, 0.6) is 5.75 Å². The third-order valence-corrected chi connectivity index (χ3v) is 4.71. The van der Waals surface area contributed by atoms with Gasteiger partial charge in [-0.25, -0.2) is 5.32 Å². The smallest absolute Gasteiger partial charge is 0.333 e. The van der Waals surface area contributed by atoms with Crippen LogP contribution in [0.1, 0.15) is 12.5 Å². The second-order valence-corrected chi connectivity index (χ2v) is 6.71. The predicted molar refractivity (Wildman–Crippen MR) is 82.1 cm³/mol. The van der Waals surface area contributed by atoms with Crippen molar-refractivity contribution in [1.29, 1.82) is 0 Å². The lowest BCUT2D eigenvalue weighted by molar-refractivity contribution is -0.141. The minimum Gasteiger partial charge on any atom is -0.508 e. The fourth-order valence-corrected chi connectivity index (χ4v) is 3.55. The van der Waals surface area contributed by atoms with Crippen LogP contribution in [0.2, 0.25) is 0 Å². The summed E-state index contributed by atoms with van der Waals surface area (Å²) in [6, 6.07) is 5.52. The molecule has 3 rings (SSSR count). The largest absolute Gasteiger partial charge is 0.508 e. The zero-order valence-electron chi connectivity index (χ0n) is 12.4. The minimum atomic E-state index is -4.71.